The number of halogens is 1. The molecule has 31 heavy (non-hydrogen) atoms. The number of methoxy groups -OCH3 is 1. The van der Waals surface area contributed by atoms with E-state index < -0.39 is 0 Å². The quantitative estimate of drug-likeness (QED) is 0.266. The van der Waals surface area contributed by atoms with Crippen molar-refractivity contribution in [1.82, 2.24) is 5.32 Å². The number of hydrogen-bond acceptors (Lipinski definition) is 4. The van der Waals surface area contributed by atoms with Gasteiger partial charge in [-0.15, -0.1) is 0 Å². The molecule has 0 radical (unpaired) electrons. The Bertz CT molecular complexity index is 1150. The van der Waals surface area contributed by atoms with Gasteiger partial charge in [-0.25, -0.2) is 0 Å². The first kappa shape index (κ1) is 21.3. The number of anilines is 1. The predicted molar refractivity (Wildman–Crippen MR) is 134 cm³/mol. The van der Waals surface area contributed by atoms with Gasteiger partial charge in [0, 0.05) is 9.13 Å². The Hall–Kier alpha value is -2.91. The summed E-state index contributed by atoms with van der Waals surface area (Å²) in [4.78, 5) is 14.4. The standard InChI is InChI=1S/C24H19IN2O3S/c1-29-22-12-7-16(13-17(22)15-30-20-10-8-18(25)9-11-20)14-21-23(28)27(24(31)26-21)19-5-3-2-4-6-19/h2-14H,15H2,1H3,(H,26,31)/b21-14+. The lowest BCUT2D eigenvalue weighted by Gasteiger charge is -2.13. The van der Waals surface area contributed by atoms with Gasteiger partial charge in [-0.2, -0.15) is 0 Å². The van der Waals surface area contributed by atoms with Gasteiger partial charge in [-0.3, -0.25) is 9.69 Å². The van der Waals surface area contributed by atoms with Crippen molar-refractivity contribution in [2.75, 3.05) is 12.0 Å². The summed E-state index contributed by atoms with van der Waals surface area (Å²) in [7, 11) is 1.63. The van der Waals surface area contributed by atoms with Crippen LogP contribution in [-0.4, -0.2) is 18.1 Å². The van der Waals surface area contributed by atoms with Crippen LogP contribution >= 0.6 is 34.8 Å². The second-order valence-electron chi connectivity index (χ2n) is 6.78. The molecule has 1 N–H and O–H groups in total. The number of nitrogens with one attached hydrogen (secondary N) is 1. The van der Waals surface area contributed by atoms with E-state index in [4.69, 9.17) is 21.7 Å². The van der Waals surface area contributed by atoms with Gasteiger partial charge in [0.15, 0.2) is 5.11 Å². The molecule has 0 spiro atoms. The third kappa shape index (κ3) is 4.88. The summed E-state index contributed by atoms with van der Waals surface area (Å²) in [6.45, 7) is 0.344. The molecule has 3 aromatic carbocycles. The van der Waals surface area contributed by atoms with Crippen LogP contribution < -0.4 is 19.7 Å². The number of benzene rings is 3. The lowest BCUT2D eigenvalue weighted by atomic mass is 10.1. The fourth-order valence-electron chi connectivity index (χ4n) is 3.21. The van der Waals surface area contributed by atoms with Crippen LogP contribution in [-0.2, 0) is 11.4 Å². The minimum atomic E-state index is -0.191. The zero-order valence-corrected chi connectivity index (χ0v) is 19.6. The highest BCUT2D eigenvalue weighted by Gasteiger charge is 2.31. The van der Waals surface area contributed by atoms with Gasteiger partial charge in [0.25, 0.3) is 5.91 Å². The third-order valence-electron chi connectivity index (χ3n) is 4.72. The van der Waals surface area contributed by atoms with Gasteiger partial charge in [-0.1, -0.05) is 24.3 Å². The van der Waals surface area contributed by atoms with Crippen LogP contribution in [0.1, 0.15) is 11.1 Å². The maximum Gasteiger partial charge on any atom is 0.281 e. The van der Waals surface area contributed by atoms with Gasteiger partial charge in [0.2, 0.25) is 0 Å². The van der Waals surface area contributed by atoms with E-state index in [2.05, 4.69) is 27.9 Å². The molecule has 0 saturated carbocycles. The molecule has 3 aromatic rings. The zero-order chi connectivity index (χ0) is 21.8. The first-order valence-electron chi connectivity index (χ1n) is 9.52. The summed E-state index contributed by atoms with van der Waals surface area (Å²) in [5, 5.41) is 3.38. The number of amides is 1. The summed E-state index contributed by atoms with van der Waals surface area (Å²) in [5.41, 5.74) is 2.87. The Morgan fingerprint density at radius 3 is 2.52 bits per heavy atom. The number of para-hydroxylation sites is 1. The number of carbonyl (C=O) groups is 1. The van der Waals surface area contributed by atoms with Crippen LogP contribution in [0.2, 0.25) is 0 Å². The Kier molecular flexibility index (Phi) is 6.53. The first-order chi connectivity index (χ1) is 15.0. The van der Waals surface area contributed by atoms with Gasteiger partial charge in [-0.05, 0) is 95.0 Å². The molecule has 1 amide bonds. The van der Waals surface area contributed by atoms with Gasteiger partial charge < -0.3 is 14.8 Å². The molecule has 1 heterocycles. The van der Waals surface area contributed by atoms with E-state index in [0.29, 0.717) is 17.4 Å². The summed E-state index contributed by atoms with van der Waals surface area (Å²) in [6.07, 6.45) is 1.78. The molecule has 0 unspecified atom stereocenters. The highest BCUT2D eigenvalue weighted by molar-refractivity contribution is 14.1. The first-order valence-corrected chi connectivity index (χ1v) is 11.0. The molecular weight excluding hydrogens is 523 g/mol. The van der Waals surface area contributed by atoms with Crippen LogP contribution in [0, 0.1) is 3.57 Å². The van der Waals surface area contributed by atoms with E-state index in [0.717, 1.165) is 31.9 Å². The SMILES string of the molecule is COc1ccc(/C=C2/NC(=S)N(c3ccccc3)C2=O)cc1COc1ccc(I)cc1. The second kappa shape index (κ2) is 9.49. The minimum absolute atomic E-state index is 0.191. The normalized spacial score (nSPS) is 14.6. The van der Waals surface area contributed by atoms with Crippen molar-refractivity contribution in [1.29, 1.82) is 0 Å². The van der Waals surface area contributed by atoms with Crippen molar-refractivity contribution in [3.8, 4) is 11.5 Å². The van der Waals surface area contributed by atoms with Crippen molar-refractivity contribution in [2.24, 2.45) is 0 Å². The molecule has 1 fully saturated rings. The predicted octanol–water partition coefficient (Wildman–Crippen LogP) is 5.14. The lowest BCUT2D eigenvalue weighted by Crippen LogP contribution is -2.30. The molecule has 1 saturated heterocycles. The van der Waals surface area contributed by atoms with E-state index in [1.165, 1.54) is 4.90 Å². The lowest BCUT2D eigenvalue weighted by molar-refractivity contribution is -0.113. The third-order valence-corrected chi connectivity index (χ3v) is 5.72. The molecule has 4 rings (SSSR count). The number of thiocarbonyl (C=S) groups is 1. The number of ether oxygens (including phenoxy) is 2. The molecule has 7 heteroatoms. The summed E-state index contributed by atoms with van der Waals surface area (Å²) >= 11 is 7.63. The fourth-order valence-corrected chi connectivity index (χ4v) is 3.86. The van der Waals surface area contributed by atoms with E-state index >= 15 is 0 Å². The van der Waals surface area contributed by atoms with Crippen molar-refractivity contribution in [2.45, 2.75) is 6.61 Å². The molecule has 0 aliphatic carbocycles. The fraction of sp³-hybridized carbons (Fsp3) is 0.0833. The van der Waals surface area contributed by atoms with Crippen LogP contribution in [0.4, 0.5) is 5.69 Å². The van der Waals surface area contributed by atoms with Crippen LogP contribution in [0.3, 0.4) is 0 Å². The Morgan fingerprint density at radius 2 is 1.81 bits per heavy atom. The molecule has 1 aliphatic rings. The van der Waals surface area contributed by atoms with Crippen LogP contribution in [0.15, 0.2) is 78.5 Å². The number of carbonyl (C=O) groups excluding carboxylic acids is 1. The van der Waals surface area contributed by atoms with E-state index in [1.54, 1.807) is 13.2 Å². The number of rotatable bonds is 6. The summed E-state index contributed by atoms with van der Waals surface area (Å²) in [6, 6.07) is 22.9. The minimum Gasteiger partial charge on any atom is -0.496 e. The molecule has 0 atom stereocenters. The monoisotopic (exact) mass is 542 g/mol. The highest BCUT2D eigenvalue weighted by Crippen LogP contribution is 2.26. The van der Waals surface area contributed by atoms with Crippen LogP contribution in [0.25, 0.3) is 6.08 Å². The highest BCUT2D eigenvalue weighted by atomic mass is 127. The zero-order valence-electron chi connectivity index (χ0n) is 16.7. The average Bonchev–Trinajstić information content (AvgIpc) is 3.06. The van der Waals surface area contributed by atoms with E-state index in [-0.39, 0.29) is 5.91 Å². The van der Waals surface area contributed by atoms with Crippen molar-refractivity contribution < 1.29 is 14.3 Å². The maximum absolute atomic E-state index is 12.9. The molecule has 1 aliphatic heterocycles. The van der Waals surface area contributed by atoms with Crippen molar-refractivity contribution >= 4 is 57.6 Å². The molecule has 156 valence electrons. The average molecular weight is 542 g/mol. The molecule has 0 aromatic heterocycles. The van der Waals surface area contributed by atoms with Crippen molar-refractivity contribution in [3.63, 3.8) is 0 Å². The number of hydrogen-bond donors (Lipinski definition) is 1. The smallest absolute Gasteiger partial charge is 0.281 e. The van der Waals surface area contributed by atoms with Gasteiger partial charge in [0.05, 0.1) is 12.8 Å². The van der Waals surface area contributed by atoms with E-state index in [1.807, 2.05) is 72.8 Å². The maximum atomic E-state index is 12.9. The second-order valence-corrected chi connectivity index (χ2v) is 8.41. The topological polar surface area (TPSA) is 50.8 Å². The Morgan fingerprint density at radius 1 is 1.06 bits per heavy atom. The van der Waals surface area contributed by atoms with Gasteiger partial charge in [0.1, 0.15) is 23.8 Å². The van der Waals surface area contributed by atoms with E-state index in [9.17, 15) is 4.79 Å². The largest absolute Gasteiger partial charge is 0.496 e. The van der Waals surface area contributed by atoms with Gasteiger partial charge >= 0.3 is 0 Å². The summed E-state index contributed by atoms with van der Waals surface area (Å²) in [5.74, 6) is 1.31. The summed E-state index contributed by atoms with van der Waals surface area (Å²) < 4.78 is 12.5. The molecule has 5 nitrogen and oxygen atoms in total. The Balaban J connectivity index is 1.56. The molecular formula is C24H19IN2O3S. The Labute approximate surface area is 199 Å². The van der Waals surface area contributed by atoms with Crippen molar-refractivity contribution in [3.05, 3.63) is 93.2 Å². The number of nitrogens with zero attached hydrogens (tertiary/aromatic N) is 1. The van der Waals surface area contributed by atoms with Crippen LogP contribution in [0.5, 0.6) is 11.5 Å². The molecule has 0 bridgehead atoms.